The summed E-state index contributed by atoms with van der Waals surface area (Å²) < 4.78 is 40.6. The summed E-state index contributed by atoms with van der Waals surface area (Å²) in [6.07, 6.45) is 5.31. The number of ether oxygens (including phenoxy) is 1. The molecular weight excluding hydrogens is 267 g/mol. The Kier molecular flexibility index (Phi) is 6.15. The van der Waals surface area contributed by atoms with Crippen molar-refractivity contribution < 1.29 is 17.9 Å². The topological polar surface area (TPSA) is 21.3 Å². The van der Waals surface area contributed by atoms with Gasteiger partial charge < -0.3 is 10.1 Å². The molecule has 0 aromatic heterocycles. The van der Waals surface area contributed by atoms with Crippen LogP contribution >= 0.6 is 0 Å². The van der Waals surface area contributed by atoms with E-state index in [2.05, 4.69) is 5.32 Å². The second kappa shape index (κ2) is 7.64. The Morgan fingerprint density at radius 1 is 1.10 bits per heavy atom. The van der Waals surface area contributed by atoms with Crippen LogP contribution in [0.25, 0.3) is 0 Å². The molecule has 2 rings (SSSR count). The molecule has 20 heavy (non-hydrogen) atoms. The molecule has 5 heteroatoms. The number of rotatable bonds is 9. The Morgan fingerprint density at radius 2 is 1.80 bits per heavy atom. The molecule has 0 heterocycles. The maximum atomic E-state index is 12.0. The first kappa shape index (κ1) is 16.1. The molecule has 0 aliphatic heterocycles. The van der Waals surface area contributed by atoms with Crippen LogP contribution in [0.2, 0.25) is 0 Å². The highest BCUT2D eigenvalue weighted by Crippen LogP contribution is 2.34. The van der Waals surface area contributed by atoms with Gasteiger partial charge in [0.2, 0.25) is 0 Å². The molecule has 1 unspecified atom stereocenters. The van der Waals surface area contributed by atoms with Gasteiger partial charge >= 0.3 is 6.18 Å². The predicted octanol–water partition coefficient (Wildman–Crippen LogP) is 3.90. The molecule has 1 N–H and O–H groups in total. The van der Waals surface area contributed by atoms with Crippen LogP contribution in [0.4, 0.5) is 13.2 Å². The van der Waals surface area contributed by atoms with E-state index in [1.807, 2.05) is 0 Å². The highest BCUT2D eigenvalue weighted by Gasteiger charge is 2.29. The largest absolute Gasteiger partial charge is 0.411 e. The average molecular weight is 293 g/mol. The third-order valence-electron chi connectivity index (χ3n) is 4.44. The molecule has 0 bridgehead atoms. The zero-order valence-corrected chi connectivity index (χ0v) is 12.1. The second-order valence-electron chi connectivity index (χ2n) is 6.30. The lowest BCUT2D eigenvalue weighted by atomic mass is 9.87. The van der Waals surface area contributed by atoms with E-state index in [0.29, 0.717) is 12.0 Å². The summed E-state index contributed by atoms with van der Waals surface area (Å²) in [6, 6.07) is 0.709. The molecular formula is C15H26F3NO. The van der Waals surface area contributed by atoms with Gasteiger partial charge in [-0.1, -0.05) is 25.7 Å². The first-order valence-electron chi connectivity index (χ1n) is 7.92. The standard InChI is InChI=1S/C15H26F3NO/c16-15(17,18)11-20-9-3-6-13(10-19-14-7-8-14)12-4-1-2-5-12/h12-14,19H,1-11H2. The van der Waals surface area contributed by atoms with Gasteiger partial charge in [0.25, 0.3) is 0 Å². The summed E-state index contributed by atoms with van der Waals surface area (Å²) in [5.74, 6) is 1.39. The minimum Gasteiger partial charge on any atom is -0.372 e. The molecule has 2 saturated carbocycles. The monoisotopic (exact) mass is 293 g/mol. The van der Waals surface area contributed by atoms with Crippen molar-refractivity contribution in [3.63, 3.8) is 0 Å². The summed E-state index contributed by atoms with van der Waals surface area (Å²) in [6.45, 7) is 0.155. The SMILES string of the molecule is FC(F)(F)COCCCC(CNC1CC1)C1CCCC1. The van der Waals surface area contributed by atoms with Crippen LogP contribution < -0.4 is 5.32 Å². The van der Waals surface area contributed by atoms with Gasteiger partial charge in [-0.05, 0) is 44.1 Å². The first-order valence-corrected chi connectivity index (χ1v) is 7.92. The van der Waals surface area contributed by atoms with Gasteiger partial charge in [0.15, 0.2) is 0 Å². The van der Waals surface area contributed by atoms with E-state index in [-0.39, 0.29) is 6.61 Å². The van der Waals surface area contributed by atoms with Crippen molar-refractivity contribution in [2.45, 2.75) is 63.6 Å². The van der Waals surface area contributed by atoms with Crippen molar-refractivity contribution in [3.05, 3.63) is 0 Å². The molecule has 0 saturated heterocycles. The maximum Gasteiger partial charge on any atom is 0.411 e. The summed E-state index contributed by atoms with van der Waals surface area (Å²) >= 11 is 0. The van der Waals surface area contributed by atoms with E-state index in [9.17, 15) is 13.2 Å². The van der Waals surface area contributed by atoms with Gasteiger partial charge in [-0.3, -0.25) is 0 Å². The zero-order chi connectivity index (χ0) is 14.4. The van der Waals surface area contributed by atoms with Gasteiger partial charge in [0.05, 0.1) is 0 Å². The van der Waals surface area contributed by atoms with Gasteiger partial charge in [0.1, 0.15) is 6.61 Å². The van der Waals surface area contributed by atoms with Crippen LogP contribution in [0.3, 0.4) is 0 Å². The average Bonchev–Trinajstić information content (AvgIpc) is 3.04. The quantitative estimate of drug-likeness (QED) is 0.651. The predicted molar refractivity (Wildman–Crippen MR) is 72.6 cm³/mol. The number of hydrogen-bond donors (Lipinski definition) is 1. The molecule has 2 fully saturated rings. The maximum absolute atomic E-state index is 12.0. The van der Waals surface area contributed by atoms with Gasteiger partial charge in [-0.2, -0.15) is 13.2 Å². The first-order chi connectivity index (χ1) is 9.54. The number of alkyl halides is 3. The zero-order valence-electron chi connectivity index (χ0n) is 12.1. The Balaban J connectivity index is 1.61. The van der Waals surface area contributed by atoms with Crippen molar-refractivity contribution in [1.82, 2.24) is 5.32 Å². The minimum atomic E-state index is -4.20. The smallest absolute Gasteiger partial charge is 0.372 e. The summed E-state index contributed by atoms with van der Waals surface area (Å²) in [4.78, 5) is 0. The van der Waals surface area contributed by atoms with Crippen molar-refractivity contribution in [1.29, 1.82) is 0 Å². The van der Waals surface area contributed by atoms with Crippen LogP contribution in [0, 0.1) is 11.8 Å². The lowest BCUT2D eigenvalue weighted by Crippen LogP contribution is -2.29. The third-order valence-corrected chi connectivity index (χ3v) is 4.44. The van der Waals surface area contributed by atoms with Crippen LogP contribution in [0.15, 0.2) is 0 Å². The molecule has 1 atom stereocenters. The molecule has 2 aliphatic rings. The Morgan fingerprint density at radius 3 is 2.40 bits per heavy atom. The van der Waals surface area contributed by atoms with E-state index in [0.717, 1.165) is 25.3 Å². The van der Waals surface area contributed by atoms with Crippen molar-refractivity contribution in [3.8, 4) is 0 Å². The van der Waals surface area contributed by atoms with Crippen LogP contribution in [-0.4, -0.2) is 32.0 Å². The molecule has 0 aromatic carbocycles. The van der Waals surface area contributed by atoms with E-state index >= 15 is 0 Å². The highest BCUT2D eigenvalue weighted by atomic mass is 19.4. The lowest BCUT2D eigenvalue weighted by molar-refractivity contribution is -0.174. The second-order valence-corrected chi connectivity index (χ2v) is 6.30. The van der Waals surface area contributed by atoms with Crippen LogP contribution in [-0.2, 0) is 4.74 Å². The molecule has 0 radical (unpaired) electrons. The summed E-state index contributed by atoms with van der Waals surface area (Å²) in [5.41, 5.74) is 0. The fourth-order valence-corrected chi connectivity index (χ4v) is 3.17. The molecule has 0 aromatic rings. The number of halogens is 3. The Labute approximate surface area is 119 Å². The van der Waals surface area contributed by atoms with Gasteiger partial charge in [-0.15, -0.1) is 0 Å². The number of nitrogens with one attached hydrogen (secondary N) is 1. The van der Waals surface area contributed by atoms with Crippen molar-refractivity contribution >= 4 is 0 Å². The molecule has 2 nitrogen and oxygen atoms in total. The minimum absolute atomic E-state index is 0.228. The Bertz CT molecular complexity index is 273. The van der Waals surface area contributed by atoms with Crippen molar-refractivity contribution in [2.75, 3.05) is 19.8 Å². The van der Waals surface area contributed by atoms with Gasteiger partial charge in [0, 0.05) is 12.6 Å². The van der Waals surface area contributed by atoms with E-state index in [1.54, 1.807) is 0 Å². The normalized spacial score (nSPS) is 22.4. The molecule has 118 valence electrons. The van der Waals surface area contributed by atoms with Gasteiger partial charge in [-0.25, -0.2) is 0 Å². The van der Waals surface area contributed by atoms with Crippen molar-refractivity contribution in [2.24, 2.45) is 11.8 Å². The summed E-state index contributed by atoms with van der Waals surface area (Å²) in [7, 11) is 0. The Hall–Kier alpha value is -0.290. The van der Waals surface area contributed by atoms with E-state index in [4.69, 9.17) is 4.74 Å². The highest BCUT2D eigenvalue weighted by molar-refractivity contribution is 4.84. The van der Waals surface area contributed by atoms with Crippen LogP contribution in [0.5, 0.6) is 0 Å². The third kappa shape index (κ3) is 6.44. The van der Waals surface area contributed by atoms with Crippen LogP contribution in [0.1, 0.15) is 51.4 Å². The number of hydrogen-bond acceptors (Lipinski definition) is 2. The molecule has 2 aliphatic carbocycles. The van der Waals surface area contributed by atoms with E-state index < -0.39 is 12.8 Å². The fraction of sp³-hybridized carbons (Fsp3) is 1.00. The fourth-order valence-electron chi connectivity index (χ4n) is 3.17. The molecule has 0 spiro atoms. The molecule has 0 amide bonds. The summed E-state index contributed by atoms with van der Waals surface area (Å²) in [5, 5.41) is 3.58. The van der Waals surface area contributed by atoms with E-state index in [1.165, 1.54) is 38.5 Å². The lowest BCUT2D eigenvalue weighted by Gasteiger charge is -2.24.